The number of nitrogens with two attached hydrogens (primary N) is 1. The largest absolute Gasteiger partial charge is 0.497 e. The molecule has 3 aliphatic carbocycles. The van der Waals surface area contributed by atoms with E-state index in [1.807, 2.05) is 13.8 Å². The number of hydrogen-bond acceptors (Lipinski definition) is 3. The maximum atomic E-state index is 10.1. The molecule has 4 rings (SSSR count). The standard InChI is InChI=1S/C20H28O.C6H13NO2.C6H14/c1-13-4-9-19-18-7-5-14-12-15(21-3)6-8-16(14)17(18)10-11-20(13,19)2;1-4(2)3-5(7)6(8)9;1-5(2)6(3)4/h6,8,12-13,17-19H,4-5,7,9-11H2,1-3H3;4-5H,3,7H2,1-2H3,(H,8,9);5-6H,1-4H3/t13-,17?,18?,19?,20?;;/m0../s1. The van der Waals surface area contributed by atoms with E-state index in [4.69, 9.17) is 15.6 Å². The molecule has 0 heterocycles. The van der Waals surface area contributed by atoms with Gasteiger partial charge < -0.3 is 15.6 Å². The van der Waals surface area contributed by atoms with Crippen LogP contribution in [0.4, 0.5) is 0 Å². The molecule has 3 aliphatic rings. The number of carbonyl (C=O) groups is 1. The van der Waals surface area contributed by atoms with E-state index in [1.54, 1.807) is 18.2 Å². The topological polar surface area (TPSA) is 72.6 Å². The fourth-order valence-corrected chi connectivity index (χ4v) is 6.56. The number of methoxy groups -OCH3 is 1. The third kappa shape index (κ3) is 7.49. The molecule has 0 aliphatic heterocycles. The molecule has 1 aromatic rings. The predicted octanol–water partition coefficient (Wildman–Crippen LogP) is 7.93. The minimum atomic E-state index is -0.913. The first kappa shape index (κ1) is 30.7. The molecule has 0 spiro atoms. The van der Waals surface area contributed by atoms with Crippen LogP contribution in [0.25, 0.3) is 0 Å². The van der Waals surface area contributed by atoms with Gasteiger partial charge in [-0.25, -0.2) is 0 Å². The van der Waals surface area contributed by atoms with Crippen LogP contribution in [0.2, 0.25) is 0 Å². The summed E-state index contributed by atoms with van der Waals surface area (Å²) in [5.41, 5.74) is 9.06. The number of ether oxygens (including phenoxy) is 1. The molecule has 5 unspecified atom stereocenters. The molecule has 0 amide bonds. The fraction of sp³-hybridized carbons (Fsp3) is 0.781. The lowest BCUT2D eigenvalue weighted by atomic mass is 9.54. The lowest BCUT2D eigenvalue weighted by Crippen LogP contribution is -2.41. The Kier molecular flexibility index (Phi) is 11.3. The molecule has 2 saturated carbocycles. The van der Waals surface area contributed by atoms with E-state index in [0.29, 0.717) is 17.8 Å². The van der Waals surface area contributed by atoms with Crippen molar-refractivity contribution < 1.29 is 14.6 Å². The average Bonchev–Trinajstić information content (AvgIpc) is 3.13. The molecule has 0 radical (unpaired) electrons. The molecular weight excluding hydrogens is 446 g/mol. The molecule has 0 aromatic heterocycles. The van der Waals surface area contributed by atoms with Gasteiger partial charge in [0.1, 0.15) is 11.8 Å². The lowest BCUT2D eigenvalue weighted by molar-refractivity contribution is -0.138. The minimum Gasteiger partial charge on any atom is -0.497 e. The van der Waals surface area contributed by atoms with Crippen LogP contribution in [0, 0.1) is 40.9 Å². The molecule has 2 fully saturated rings. The molecule has 6 atom stereocenters. The van der Waals surface area contributed by atoms with E-state index in [2.05, 4.69) is 59.7 Å². The number of hydrogen-bond donors (Lipinski definition) is 2. The van der Waals surface area contributed by atoms with Crippen LogP contribution in [0.1, 0.15) is 111 Å². The molecule has 4 nitrogen and oxygen atoms in total. The quantitative estimate of drug-likeness (QED) is 0.429. The summed E-state index contributed by atoms with van der Waals surface area (Å²) >= 11 is 0. The Labute approximate surface area is 221 Å². The number of fused-ring (bicyclic) bond motifs is 5. The van der Waals surface area contributed by atoms with Crippen molar-refractivity contribution in [3.05, 3.63) is 29.3 Å². The number of benzene rings is 1. The van der Waals surface area contributed by atoms with Gasteiger partial charge in [-0.15, -0.1) is 0 Å². The molecular formula is C32H55NO3. The van der Waals surface area contributed by atoms with Gasteiger partial charge in [-0.3, -0.25) is 4.79 Å². The van der Waals surface area contributed by atoms with Crippen molar-refractivity contribution in [2.45, 2.75) is 112 Å². The number of aliphatic carboxylic acids is 1. The fourth-order valence-electron chi connectivity index (χ4n) is 6.56. The molecule has 0 saturated heterocycles. The highest BCUT2D eigenvalue weighted by Crippen LogP contribution is 2.62. The van der Waals surface area contributed by atoms with Crippen LogP contribution >= 0.6 is 0 Å². The Balaban J connectivity index is 0.000000254. The summed E-state index contributed by atoms with van der Waals surface area (Å²) in [6.45, 7) is 18.0. The van der Waals surface area contributed by atoms with Gasteiger partial charge in [-0.1, -0.05) is 61.5 Å². The Morgan fingerprint density at radius 2 is 1.72 bits per heavy atom. The minimum absolute atomic E-state index is 0.357. The summed E-state index contributed by atoms with van der Waals surface area (Å²) in [5, 5.41) is 8.31. The van der Waals surface area contributed by atoms with Crippen LogP contribution < -0.4 is 10.5 Å². The highest BCUT2D eigenvalue weighted by atomic mass is 16.5. The van der Waals surface area contributed by atoms with Crippen molar-refractivity contribution in [3.8, 4) is 5.75 Å². The molecule has 206 valence electrons. The first-order valence-corrected chi connectivity index (χ1v) is 14.5. The van der Waals surface area contributed by atoms with Crippen LogP contribution in [0.3, 0.4) is 0 Å². The third-order valence-corrected chi connectivity index (χ3v) is 9.78. The van der Waals surface area contributed by atoms with Gasteiger partial charge >= 0.3 is 5.97 Å². The summed E-state index contributed by atoms with van der Waals surface area (Å²) in [4.78, 5) is 10.1. The smallest absolute Gasteiger partial charge is 0.320 e. The Hall–Kier alpha value is -1.55. The van der Waals surface area contributed by atoms with E-state index < -0.39 is 12.0 Å². The monoisotopic (exact) mass is 501 g/mol. The molecule has 1 aromatic carbocycles. The van der Waals surface area contributed by atoms with Gasteiger partial charge in [0.25, 0.3) is 0 Å². The predicted molar refractivity (Wildman–Crippen MR) is 152 cm³/mol. The Bertz CT molecular complexity index is 827. The van der Waals surface area contributed by atoms with Gasteiger partial charge in [0.05, 0.1) is 7.11 Å². The normalized spacial score (nSPS) is 29.2. The molecule has 3 N–H and O–H groups in total. The molecule has 36 heavy (non-hydrogen) atoms. The molecule has 0 bridgehead atoms. The SMILES string of the molecule is CC(C)C(C)C.CC(C)CC(N)C(=O)O.COc1ccc2c(c1)CCC1C2CCC2(C)C1CC[C@@H]2C. The van der Waals surface area contributed by atoms with E-state index in [1.165, 1.54) is 38.5 Å². The van der Waals surface area contributed by atoms with Crippen molar-refractivity contribution >= 4 is 5.97 Å². The number of aryl methyl sites for hydroxylation is 1. The first-order chi connectivity index (χ1) is 16.8. The van der Waals surface area contributed by atoms with E-state index >= 15 is 0 Å². The van der Waals surface area contributed by atoms with Crippen molar-refractivity contribution in [2.75, 3.05) is 7.11 Å². The van der Waals surface area contributed by atoms with Crippen molar-refractivity contribution in [1.82, 2.24) is 0 Å². The summed E-state index contributed by atoms with van der Waals surface area (Å²) in [6, 6.07) is 6.14. The Morgan fingerprint density at radius 1 is 1.08 bits per heavy atom. The van der Waals surface area contributed by atoms with Gasteiger partial charge in [0, 0.05) is 0 Å². The lowest BCUT2D eigenvalue weighted by Gasteiger charge is -2.50. The van der Waals surface area contributed by atoms with Crippen molar-refractivity contribution in [3.63, 3.8) is 0 Å². The maximum Gasteiger partial charge on any atom is 0.320 e. The van der Waals surface area contributed by atoms with E-state index in [-0.39, 0.29) is 0 Å². The second-order valence-corrected chi connectivity index (χ2v) is 13.1. The number of carboxylic acids is 1. The molecule has 4 heteroatoms. The van der Waals surface area contributed by atoms with Crippen molar-refractivity contribution in [2.24, 2.45) is 46.7 Å². The summed E-state index contributed by atoms with van der Waals surface area (Å²) in [6.07, 6.45) is 8.98. The summed E-state index contributed by atoms with van der Waals surface area (Å²) in [5.74, 6) is 5.84. The first-order valence-electron chi connectivity index (χ1n) is 14.5. The van der Waals surface area contributed by atoms with Crippen LogP contribution in [-0.2, 0) is 11.2 Å². The zero-order valence-electron chi connectivity index (χ0n) is 24.6. The summed E-state index contributed by atoms with van der Waals surface area (Å²) < 4.78 is 5.42. The van der Waals surface area contributed by atoms with Gasteiger partial charge in [-0.05, 0) is 115 Å². The maximum absolute atomic E-state index is 10.1. The summed E-state index contributed by atoms with van der Waals surface area (Å²) in [7, 11) is 1.78. The van der Waals surface area contributed by atoms with Crippen LogP contribution in [0.5, 0.6) is 5.75 Å². The second-order valence-electron chi connectivity index (χ2n) is 13.1. The Morgan fingerprint density at radius 3 is 2.22 bits per heavy atom. The van der Waals surface area contributed by atoms with Crippen LogP contribution in [-0.4, -0.2) is 24.2 Å². The highest BCUT2D eigenvalue weighted by Gasteiger charge is 2.53. The number of rotatable bonds is 5. The average molecular weight is 502 g/mol. The zero-order chi connectivity index (χ0) is 27.2. The number of carboxylic acid groups (broad SMARTS) is 1. The highest BCUT2D eigenvalue weighted by molar-refractivity contribution is 5.72. The van der Waals surface area contributed by atoms with Gasteiger partial charge in [0.15, 0.2) is 0 Å². The van der Waals surface area contributed by atoms with Gasteiger partial charge in [-0.2, -0.15) is 0 Å². The van der Waals surface area contributed by atoms with Crippen LogP contribution in [0.15, 0.2) is 18.2 Å². The van der Waals surface area contributed by atoms with Gasteiger partial charge in [0.2, 0.25) is 0 Å². The van der Waals surface area contributed by atoms with Crippen molar-refractivity contribution in [1.29, 1.82) is 0 Å². The second kappa shape index (κ2) is 13.3. The van der Waals surface area contributed by atoms with E-state index in [0.717, 1.165) is 41.3 Å². The third-order valence-electron chi connectivity index (χ3n) is 9.78. The van der Waals surface area contributed by atoms with E-state index in [9.17, 15) is 4.79 Å². The zero-order valence-corrected chi connectivity index (χ0v) is 24.6.